The lowest BCUT2D eigenvalue weighted by Crippen LogP contribution is -2.54. The number of benzene rings is 1. The van der Waals surface area contributed by atoms with Crippen LogP contribution < -0.4 is 5.19 Å². The van der Waals surface area contributed by atoms with Crippen LogP contribution in [0, 0.1) is 0 Å². The molecule has 0 amide bonds. The average molecular weight is 286 g/mol. The van der Waals surface area contributed by atoms with Gasteiger partial charge in [0.1, 0.15) is 13.7 Å². The summed E-state index contributed by atoms with van der Waals surface area (Å²) in [5.41, 5.74) is 3.02. The van der Waals surface area contributed by atoms with Crippen LogP contribution in [0.4, 0.5) is 0 Å². The molecule has 1 aromatic rings. The van der Waals surface area contributed by atoms with E-state index in [9.17, 15) is 4.79 Å². The number of ether oxygens (including phenoxy) is 1. The number of esters is 1. The molecule has 20 heavy (non-hydrogen) atoms. The van der Waals surface area contributed by atoms with Gasteiger partial charge in [-0.15, -0.1) is 0 Å². The van der Waals surface area contributed by atoms with Crippen molar-refractivity contribution in [3.8, 4) is 0 Å². The largest absolute Gasteiger partial charge is 0.450 e. The number of rotatable bonds is 2. The molecule has 106 valence electrons. The summed E-state index contributed by atoms with van der Waals surface area (Å²) in [6.07, 6.45) is 5.66. The highest BCUT2D eigenvalue weighted by molar-refractivity contribution is 6.94. The van der Waals surface area contributed by atoms with E-state index < -0.39 is 8.07 Å². The third kappa shape index (κ3) is 2.24. The predicted molar refractivity (Wildman–Crippen MR) is 83.5 cm³/mol. The van der Waals surface area contributed by atoms with E-state index in [2.05, 4.69) is 43.1 Å². The van der Waals surface area contributed by atoms with E-state index in [1.54, 1.807) is 0 Å². The Morgan fingerprint density at radius 2 is 1.75 bits per heavy atom. The SMILES string of the molecule is C[Si](C)(/C=C1\C(=O)OC12CCCCC2)c1ccccc1. The minimum absolute atomic E-state index is 0.0802. The first kappa shape index (κ1) is 13.6. The molecule has 3 heteroatoms. The summed E-state index contributed by atoms with van der Waals surface area (Å²) in [6, 6.07) is 10.6. The van der Waals surface area contributed by atoms with Gasteiger partial charge >= 0.3 is 5.97 Å². The average Bonchev–Trinajstić information content (AvgIpc) is 2.47. The summed E-state index contributed by atoms with van der Waals surface area (Å²) in [5, 5.41) is 1.37. The first-order chi connectivity index (χ1) is 9.54. The van der Waals surface area contributed by atoms with Gasteiger partial charge in [0.25, 0.3) is 0 Å². The van der Waals surface area contributed by atoms with Crippen molar-refractivity contribution in [1.29, 1.82) is 0 Å². The van der Waals surface area contributed by atoms with Crippen molar-refractivity contribution >= 4 is 19.2 Å². The first-order valence-electron chi connectivity index (χ1n) is 7.56. The molecular weight excluding hydrogens is 264 g/mol. The lowest BCUT2D eigenvalue weighted by Gasteiger charge is -2.46. The van der Waals surface area contributed by atoms with Crippen molar-refractivity contribution in [2.75, 3.05) is 0 Å². The van der Waals surface area contributed by atoms with E-state index in [0.29, 0.717) is 0 Å². The highest BCUT2D eigenvalue weighted by atomic mass is 28.3. The highest BCUT2D eigenvalue weighted by Crippen LogP contribution is 2.45. The van der Waals surface area contributed by atoms with Gasteiger partial charge in [0.05, 0.1) is 5.57 Å². The van der Waals surface area contributed by atoms with E-state index in [4.69, 9.17) is 4.74 Å². The molecule has 1 saturated carbocycles. The molecule has 2 nitrogen and oxygen atoms in total. The molecule has 1 saturated heterocycles. The number of carbonyl (C=O) groups is 1. The van der Waals surface area contributed by atoms with Crippen molar-refractivity contribution in [3.05, 3.63) is 41.6 Å². The maximum Gasteiger partial charge on any atom is 0.338 e. The van der Waals surface area contributed by atoms with Crippen LogP contribution in [0.2, 0.25) is 13.1 Å². The van der Waals surface area contributed by atoms with Crippen LogP contribution in [0.1, 0.15) is 32.1 Å². The maximum absolute atomic E-state index is 11.9. The zero-order valence-corrected chi connectivity index (χ0v) is 13.3. The summed E-state index contributed by atoms with van der Waals surface area (Å²) in [7, 11) is -1.73. The maximum atomic E-state index is 11.9. The molecular formula is C17H22O2Si. The van der Waals surface area contributed by atoms with Crippen LogP contribution >= 0.6 is 0 Å². The van der Waals surface area contributed by atoms with E-state index in [-0.39, 0.29) is 11.6 Å². The molecule has 2 fully saturated rings. The van der Waals surface area contributed by atoms with Gasteiger partial charge in [-0.05, 0) is 25.7 Å². The molecule has 0 radical (unpaired) electrons. The van der Waals surface area contributed by atoms with Gasteiger partial charge in [-0.1, -0.05) is 60.7 Å². The molecule has 0 aromatic heterocycles. The van der Waals surface area contributed by atoms with E-state index >= 15 is 0 Å². The third-order valence-corrected chi connectivity index (χ3v) is 7.51. The fourth-order valence-corrected chi connectivity index (χ4v) is 5.74. The fraction of sp³-hybridized carbons (Fsp3) is 0.471. The van der Waals surface area contributed by atoms with Crippen molar-refractivity contribution < 1.29 is 9.53 Å². The molecule has 1 heterocycles. The highest BCUT2D eigenvalue weighted by Gasteiger charge is 2.52. The fourth-order valence-electron chi connectivity index (χ4n) is 3.42. The molecule has 2 aliphatic rings. The van der Waals surface area contributed by atoms with Crippen LogP contribution in [0.15, 0.2) is 41.6 Å². The zero-order chi connectivity index (χ0) is 14.2. The summed E-state index contributed by atoms with van der Waals surface area (Å²) in [6.45, 7) is 4.61. The Kier molecular flexibility index (Phi) is 3.33. The van der Waals surface area contributed by atoms with Gasteiger partial charge in [0.2, 0.25) is 0 Å². The number of carbonyl (C=O) groups excluding carboxylic acids is 1. The van der Waals surface area contributed by atoms with Gasteiger partial charge in [-0.2, -0.15) is 0 Å². The third-order valence-electron chi connectivity index (χ3n) is 4.68. The second-order valence-corrected chi connectivity index (χ2v) is 10.9. The summed E-state index contributed by atoms with van der Waals surface area (Å²) in [5.74, 6) is -0.0802. The Balaban J connectivity index is 1.92. The first-order valence-corrected chi connectivity index (χ1v) is 10.6. The van der Waals surface area contributed by atoms with Crippen LogP contribution in [0.5, 0.6) is 0 Å². The van der Waals surface area contributed by atoms with Crippen LogP contribution in [0.3, 0.4) is 0 Å². The molecule has 1 aliphatic carbocycles. The minimum Gasteiger partial charge on any atom is -0.450 e. The topological polar surface area (TPSA) is 26.3 Å². The van der Waals surface area contributed by atoms with Gasteiger partial charge < -0.3 is 4.74 Å². The second kappa shape index (κ2) is 4.88. The number of hydrogen-bond acceptors (Lipinski definition) is 2. The van der Waals surface area contributed by atoms with Gasteiger partial charge in [-0.3, -0.25) is 0 Å². The molecule has 0 N–H and O–H groups in total. The standard InChI is InChI=1S/C17H22O2Si/c1-20(2,14-9-5-3-6-10-14)13-15-16(18)19-17(15)11-7-4-8-12-17/h3,5-6,9-10,13H,4,7-8,11-12H2,1-2H3/b15-13+. The smallest absolute Gasteiger partial charge is 0.338 e. The molecule has 0 atom stereocenters. The summed E-state index contributed by atoms with van der Waals surface area (Å²) >= 11 is 0. The summed E-state index contributed by atoms with van der Waals surface area (Å²) < 4.78 is 5.58. The van der Waals surface area contributed by atoms with Crippen molar-refractivity contribution in [2.45, 2.75) is 50.8 Å². The van der Waals surface area contributed by atoms with E-state index in [0.717, 1.165) is 18.4 Å². The van der Waals surface area contributed by atoms with E-state index in [1.165, 1.54) is 24.4 Å². The molecule has 1 aliphatic heterocycles. The Morgan fingerprint density at radius 3 is 2.35 bits per heavy atom. The second-order valence-electron chi connectivity index (χ2n) is 6.59. The Morgan fingerprint density at radius 1 is 1.10 bits per heavy atom. The lowest BCUT2D eigenvalue weighted by atomic mass is 9.76. The van der Waals surface area contributed by atoms with Gasteiger partial charge in [-0.25, -0.2) is 4.79 Å². The minimum atomic E-state index is -1.73. The van der Waals surface area contributed by atoms with Gasteiger partial charge in [0, 0.05) is 0 Å². The molecule has 1 aromatic carbocycles. The quantitative estimate of drug-likeness (QED) is 0.473. The molecule has 0 bridgehead atoms. The number of hydrogen-bond donors (Lipinski definition) is 0. The molecule has 1 spiro atoms. The monoisotopic (exact) mass is 286 g/mol. The van der Waals surface area contributed by atoms with Crippen LogP contribution in [-0.2, 0) is 9.53 Å². The Bertz CT molecular complexity index is 539. The predicted octanol–water partition coefficient (Wildman–Crippen LogP) is 3.33. The van der Waals surface area contributed by atoms with Gasteiger partial charge in [0.15, 0.2) is 0 Å². The summed E-state index contributed by atoms with van der Waals surface area (Å²) in [4.78, 5) is 11.9. The van der Waals surface area contributed by atoms with Crippen molar-refractivity contribution in [1.82, 2.24) is 0 Å². The van der Waals surface area contributed by atoms with Crippen LogP contribution in [0.25, 0.3) is 0 Å². The lowest BCUT2D eigenvalue weighted by molar-refractivity contribution is -0.175. The van der Waals surface area contributed by atoms with Crippen LogP contribution in [-0.4, -0.2) is 19.6 Å². The Labute approximate surface area is 121 Å². The molecule has 0 unspecified atom stereocenters. The molecule has 3 rings (SSSR count). The Hall–Kier alpha value is -1.35. The zero-order valence-electron chi connectivity index (χ0n) is 12.3. The van der Waals surface area contributed by atoms with Crippen molar-refractivity contribution in [2.24, 2.45) is 0 Å². The van der Waals surface area contributed by atoms with E-state index in [1.807, 2.05) is 6.07 Å². The van der Waals surface area contributed by atoms with Crippen molar-refractivity contribution in [3.63, 3.8) is 0 Å². The normalized spacial score (nSPS) is 23.5.